The zero-order valence-electron chi connectivity index (χ0n) is 10.7. The third-order valence-electron chi connectivity index (χ3n) is 3.32. The van der Waals surface area contributed by atoms with Crippen molar-refractivity contribution in [2.45, 2.75) is 57.8 Å². The molecule has 0 radical (unpaired) electrons. The number of esters is 1. The molecular formula is C13H20F2O3. The minimum Gasteiger partial charge on any atom is -0.461 e. The molecule has 0 atom stereocenters. The van der Waals surface area contributed by atoms with E-state index in [1.807, 2.05) is 0 Å². The Morgan fingerprint density at radius 2 is 1.61 bits per heavy atom. The number of hydrogen-bond donors (Lipinski definition) is 0. The topological polar surface area (TPSA) is 43.4 Å². The molecular weight excluding hydrogens is 242 g/mol. The zero-order valence-corrected chi connectivity index (χ0v) is 10.7. The van der Waals surface area contributed by atoms with Crippen molar-refractivity contribution in [3.63, 3.8) is 0 Å². The van der Waals surface area contributed by atoms with Gasteiger partial charge in [-0.2, -0.15) is 8.78 Å². The molecule has 0 aromatic carbocycles. The third-order valence-corrected chi connectivity index (χ3v) is 3.32. The Hall–Kier alpha value is -1.00. The van der Waals surface area contributed by atoms with Gasteiger partial charge in [0.1, 0.15) is 0 Å². The van der Waals surface area contributed by atoms with Crippen molar-refractivity contribution in [2.75, 3.05) is 6.61 Å². The second-order valence-electron chi connectivity index (χ2n) is 4.70. The fourth-order valence-corrected chi connectivity index (χ4v) is 2.30. The molecule has 104 valence electrons. The standard InChI is InChI=1S/C13H20F2O3/c1-2-18-12(17)13(14,15)11(16)10-8-6-4-3-5-7-9-10/h10H,2-9H2,1H3. The van der Waals surface area contributed by atoms with Gasteiger partial charge in [-0.1, -0.05) is 32.1 Å². The van der Waals surface area contributed by atoms with Gasteiger partial charge in [-0.25, -0.2) is 4.79 Å². The monoisotopic (exact) mass is 262 g/mol. The molecule has 1 aliphatic carbocycles. The van der Waals surface area contributed by atoms with Crippen LogP contribution >= 0.6 is 0 Å². The molecule has 0 aromatic heterocycles. The van der Waals surface area contributed by atoms with Gasteiger partial charge in [0.15, 0.2) is 0 Å². The second kappa shape index (κ2) is 6.81. The molecule has 1 rings (SSSR count). The molecule has 0 heterocycles. The van der Waals surface area contributed by atoms with E-state index >= 15 is 0 Å². The van der Waals surface area contributed by atoms with E-state index < -0.39 is 23.6 Å². The number of carbonyl (C=O) groups is 2. The average Bonchev–Trinajstić information content (AvgIpc) is 2.28. The second-order valence-corrected chi connectivity index (χ2v) is 4.70. The van der Waals surface area contributed by atoms with Crippen LogP contribution in [0, 0.1) is 5.92 Å². The minimum absolute atomic E-state index is 0.146. The van der Waals surface area contributed by atoms with Crippen LogP contribution in [0.4, 0.5) is 8.78 Å². The number of ether oxygens (including phenoxy) is 1. The first-order valence-corrected chi connectivity index (χ1v) is 6.59. The summed E-state index contributed by atoms with van der Waals surface area (Å²) in [6.07, 6.45) is 5.48. The molecule has 3 nitrogen and oxygen atoms in total. The van der Waals surface area contributed by atoms with Crippen LogP contribution in [0.2, 0.25) is 0 Å². The van der Waals surface area contributed by atoms with E-state index in [4.69, 9.17) is 0 Å². The van der Waals surface area contributed by atoms with Gasteiger partial charge in [0, 0.05) is 5.92 Å². The van der Waals surface area contributed by atoms with Crippen LogP contribution in [0.15, 0.2) is 0 Å². The number of alkyl halides is 2. The predicted molar refractivity (Wildman–Crippen MR) is 62.4 cm³/mol. The highest BCUT2D eigenvalue weighted by Crippen LogP contribution is 2.30. The van der Waals surface area contributed by atoms with Crippen LogP contribution in [-0.4, -0.2) is 24.3 Å². The first-order chi connectivity index (χ1) is 8.50. The van der Waals surface area contributed by atoms with Crippen LogP contribution in [0.5, 0.6) is 0 Å². The van der Waals surface area contributed by atoms with Gasteiger partial charge in [0.25, 0.3) is 0 Å². The number of rotatable bonds is 4. The molecule has 5 heteroatoms. The van der Waals surface area contributed by atoms with E-state index in [1.54, 1.807) is 0 Å². The highest BCUT2D eigenvalue weighted by atomic mass is 19.3. The summed E-state index contributed by atoms with van der Waals surface area (Å²) in [6.45, 7) is 1.29. The molecule has 0 unspecified atom stereocenters. The Morgan fingerprint density at radius 3 is 2.11 bits per heavy atom. The Balaban J connectivity index is 2.67. The molecule has 0 bridgehead atoms. The lowest BCUT2D eigenvalue weighted by Gasteiger charge is -2.22. The van der Waals surface area contributed by atoms with Crippen LogP contribution in [0.1, 0.15) is 51.9 Å². The quantitative estimate of drug-likeness (QED) is 0.577. The molecule has 0 saturated heterocycles. The Kier molecular flexibility index (Phi) is 5.69. The van der Waals surface area contributed by atoms with Crippen molar-refractivity contribution in [3.05, 3.63) is 0 Å². The summed E-state index contributed by atoms with van der Waals surface area (Å²) in [5.74, 6) is -7.66. The highest BCUT2D eigenvalue weighted by molar-refractivity contribution is 6.06. The molecule has 0 aromatic rings. The summed E-state index contributed by atoms with van der Waals surface area (Å²) in [5, 5.41) is 0. The van der Waals surface area contributed by atoms with Crippen LogP contribution in [0.3, 0.4) is 0 Å². The largest absolute Gasteiger partial charge is 0.461 e. The fourth-order valence-electron chi connectivity index (χ4n) is 2.30. The van der Waals surface area contributed by atoms with Crippen LogP contribution in [-0.2, 0) is 14.3 Å². The Bertz CT molecular complexity index is 295. The lowest BCUT2D eigenvalue weighted by molar-refractivity contribution is -0.178. The van der Waals surface area contributed by atoms with E-state index in [0.717, 1.165) is 32.1 Å². The normalized spacial score (nSPS) is 18.8. The van der Waals surface area contributed by atoms with E-state index in [9.17, 15) is 18.4 Å². The van der Waals surface area contributed by atoms with Crippen LogP contribution < -0.4 is 0 Å². The van der Waals surface area contributed by atoms with Crippen molar-refractivity contribution in [1.29, 1.82) is 0 Å². The molecule has 0 spiro atoms. The van der Waals surface area contributed by atoms with Gasteiger partial charge < -0.3 is 4.74 Å². The molecule has 0 N–H and O–H groups in total. The maximum absolute atomic E-state index is 13.6. The molecule has 18 heavy (non-hydrogen) atoms. The smallest absolute Gasteiger partial charge is 0.400 e. The third kappa shape index (κ3) is 3.75. The van der Waals surface area contributed by atoms with Gasteiger partial charge in [0.2, 0.25) is 5.78 Å². The molecule has 1 aliphatic rings. The SMILES string of the molecule is CCOC(=O)C(F)(F)C(=O)C1CCCCCCC1. The van der Waals surface area contributed by atoms with Crippen molar-refractivity contribution in [1.82, 2.24) is 0 Å². The van der Waals surface area contributed by atoms with Crippen molar-refractivity contribution >= 4 is 11.8 Å². The molecule has 1 saturated carbocycles. The predicted octanol–water partition coefficient (Wildman–Crippen LogP) is 3.11. The summed E-state index contributed by atoms with van der Waals surface area (Å²) in [6, 6.07) is 0. The van der Waals surface area contributed by atoms with Crippen molar-refractivity contribution < 1.29 is 23.1 Å². The number of Topliss-reactive ketones (excluding diaryl/α,β-unsaturated/α-hetero) is 1. The van der Waals surface area contributed by atoms with Gasteiger partial charge >= 0.3 is 11.9 Å². The molecule has 1 fully saturated rings. The van der Waals surface area contributed by atoms with E-state index in [-0.39, 0.29) is 6.61 Å². The Labute approximate surface area is 106 Å². The minimum atomic E-state index is -3.99. The lowest BCUT2D eigenvalue weighted by Crippen LogP contribution is -2.43. The highest BCUT2D eigenvalue weighted by Gasteiger charge is 2.51. The van der Waals surface area contributed by atoms with E-state index in [1.165, 1.54) is 6.92 Å². The lowest BCUT2D eigenvalue weighted by atomic mass is 9.86. The van der Waals surface area contributed by atoms with Crippen molar-refractivity contribution in [3.8, 4) is 0 Å². The summed E-state index contributed by atoms with van der Waals surface area (Å²) in [5.41, 5.74) is 0. The summed E-state index contributed by atoms with van der Waals surface area (Å²) in [7, 11) is 0. The zero-order chi connectivity index (χ0) is 13.6. The first kappa shape index (κ1) is 15.1. The first-order valence-electron chi connectivity index (χ1n) is 6.59. The fraction of sp³-hybridized carbons (Fsp3) is 0.846. The number of ketones is 1. The van der Waals surface area contributed by atoms with Gasteiger partial charge in [0.05, 0.1) is 6.61 Å². The summed E-state index contributed by atoms with van der Waals surface area (Å²) >= 11 is 0. The van der Waals surface area contributed by atoms with E-state index in [2.05, 4.69) is 4.74 Å². The summed E-state index contributed by atoms with van der Waals surface area (Å²) in [4.78, 5) is 22.9. The van der Waals surface area contributed by atoms with Gasteiger partial charge in [-0.15, -0.1) is 0 Å². The molecule has 0 amide bonds. The maximum atomic E-state index is 13.6. The van der Waals surface area contributed by atoms with Gasteiger partial charge in [-0.3, -0.25) is 4.79 Å². The van der Waals surface area contributed by atoms with Gasteiger partial charge in [-0.05, 0) is 19.8 Å². The average molecular weight is 262 g/mol. The Morgan fingerprint density at radius 1 is 1.11 bits per heavy atom. The van der Waals surface area contributed by atoms with Crippen molar-refractivity contribution in [2.24, 2.45) is 5.92 Å². The number of halogens is 2. The number of hydrogen-bond acceptors (Lipinski definition) is 3. The number of carbonyl (C=O) groups excluding carboxylic acids is 2. The van der Waals surface area contributed by atoms with E-state index in [0.29, 0.717) is 12.8 Å². The summed E-state index contributed by atoms with van der Waals surface area (Å²) < 4.78 is 31.4. The van der Waals surface area contributed by atoms with Crippen LogP contribution in [0.25, 0.3) is 0 Å². The molecule has 0 aliphatic heterocycles. The maximum Gasteiger partial charge on any atom is 0.400 e.